The number of aliphatic imine (C=N–C) groups is 1. The van der Waals surface area contributed by atoms with Gasteiger partial charge in [0.05, 0.1) is 11.6 Å². The van der Waals surface area contributed by atoms with E-state index >= 15 is 0 Å². The Balaban J connectivity index is 1.76. The largest absolute Gasteiger partial charge is 0.486 e. The first-order valence-corrected chi connectivity index (χ1v) is 7.17. The van der Waals surface area contributed by atoms with Gasteiger partial charge in [-0.05, 0) is 30.3 Å². The Morgan fingerprint density at radius 1 is 1.18 bits per heavy atom. The summed E-state index contributed by atoms with van der Waals surface area (Å²) in [5.41, 5.74) is 0.862. The summed E-state index contributed by atoms with van der Waals surface area (Å²) in [5.74, 6) is -0.292. The van der Waals surface area contributed by atoms with Crippen LogP contribution in [-0.2, 0) is 6.61 Å². The minimum Gasteiger partial charge on any atom is -0.486 e. The van der Waals surface area contributed by atoms with Crippen LogP contribution < -0.4 is 10.1 Å². The molecule has 0 unspecified atom stereocenters. The van der Waals surface area contributed by atoms with E-state index in [-0.39, 0.29) is 22.9 Å². The maximum atomic E-state index is 14.1. The molecule has 1 N–H and O–H groups in total. The van der Waals surface area contributed by atoms with Crippen LogP contribution in [0.15, 0.2) is 41.4 Å². The summed E-state index contributed by atoms with van der Waals surface area (Å²) in [6.07, 6.45) is 0. The highest BCUT2D eigenvalue weighted by Gasteiger charge is 2.13. The molecule has 1 heterocycles. The zero-order valence-electron chi connectivity index (χ0n) is 11.6. The molecular formula is C16H13ClF2N2O. The number of hydrogen-bond donors (Lipinski definition) is 1. The Morgan fingerprint density at radius 2 is 2.05 bits per heavy atom. The molecule has 0 spiro atoms. The van der Waals surface area contributed by atoms with Gasteiger partial charge in [0.25, 0.3) is 0 Å². The fourth-order valence-electron chi connectivity index (χ4n) is 2.18. The predicted molar refractivity (Wildman–Crippen MR) is 81.5 cm³/mol. The molecule has 0 saturated heterocycles. The number of amidine groups is 1. The fourth-order valence-corrected chi connectivity index (χ4v) is 2.39. The second-order valence-electron chi connectivity index (χ2n) is 4.79. The Labute approximate surface area is 131 Å². The Hall–Kier alpha value is -2.14. The second kappa shape index (κ2) is 6.32. The Kier molecular flexibility index (Phi) is 4.24. The van der Waals surface area contributed by atoms with Crippen molar-refractivity contribution >= 4 is 17.4 Å². The van der Waals surface area contributed by atoms with Gasteiger partial charge >= 0.3 is 0 Å². The summed E-state index contributed by atoms with van der Waals surface area (Å²) < 4.78 is 33.1. The topological polar surface area (TPSA) is 33.6 Å². The monoisotopic (exact) mass is 322 g/mol. The van der Waals surface area contributed by atoms with Crippen molar-refractivity contribution in [1.82, 2.24) is 5.32 Å². The molecule has 22 heavy (non-hydrogen) atoms. The first kappa shape index (κ1) is 14.8. The van der Waals surface area contributed by atoms with E-state index in [9.17, 15) is 8.78 Å². The van der Waals surface area contributed by atoms with Crippen LogP contribution in [0.3, 0.4) is 0 Å². The van der Waals surface area contributed by atoms with Gasteiger partial charge in [-0.25, -0.2) is 8.78 Å². The van der Waals surface area contributed by atoms with Gasteiger partial charge in [0.1, 0.15) is 18.3 Å². The van der Waals surface area contributed by atoms with Crippen LogP contribution in [0.4, 0.5) is 8.78 Å². The van der Waals surface area contributed by atoms with Gasteiger partial charge in [-0.3, -0.25) is 4.99 Å². The molecule has 1 aliphatic heterocycles. The first-order chi connectivity index (χ1) is 10.6. The average molecular weight is 323 g/mol. The molecule has 0 radical (unpaired) electrons. The molecule has 3 rings (SSSR count). The number of hydrogen-bond acceptors (Lipinski definition) is 3. The van der Waals surface area contributed by atoms with Gasteiger partial charge in [-0.1, -0.05) is 17.7 Å². The van der Waals surface area contributed by atoms with E-state index in [1.807, 2.05) is 0 Å². The van der Waals surface area contributed by atoms with Gasteiger partial charge in [-0.2, -0.15) is 0 Å². The van der Waals surface area contributed by atoms with E-state index in [1.54, 1.807) is 12.1 Å². The van der Waals surface area contributed by atoms with E-state index in [4.69, 9.17) is 16.3 Å². The smallest absolute Gasteiger partial charge is 0.165 e. The van der Waals surface area contributed by atoms with Gasteiger partial charge in [-0.15, -0.1) is 0 Å². The molecule has 2 aromatic rings. The number of halogens is 3. The third-order valence-electron chi connectivity index (χ3n) is 3.31. The minimum absolute atomic E-state index is 0.0432. The van der Waals surface area contributed by atoms with E-state index in [1.165, 1.54) is 24.3 Å². The SMILES string of the molecule is Fc1cc(C2=NCCN2)ccc1OCc1c(F)cccc1Cl. The lowest BCUT2D eigenvalue weighted by molar-refractivity contribution is 0.285. The lowest BCUT2D eigenvalue weighted by atomic mass is 10.2. The molecule has 0 aliphatic carbocycles. The molecule has 0 fully saturated rings. The molecule has 114 valence electrons. The van der Waals surface area contributed by atoms with Crippen LogP contribution in [-0.4, -0.2) is 18.9 Å². The van der Waals surface area contributed by atoms with Crippen LogP contribution in [0.2, 0.25) is 5.02 Å². The highest BCUT2D eigenvalue weighted by Crippen LogP contribution is 2.24. The van der Waals surface area contributed by atoms with Gasteiger partial charge in [0.2, 0.25) is 0 Å². The summed E-state index contributed by atoms with van der Waals surface area (Å²) in [6, 6.07) is 8.91. The van der Waals surface area contributed by atoms with Gasteiger partial charge in [0, 0.05) is 17.7 Å². The normalized spacial score (nSPS) is 13.7. The maximum Gasteiger partial charge on any atom is 0.165 e. The Morgan fingerprint density at radius 3 is 2.73 bits per heavy atom. The van der Waals surface area contributed by atoms with Crippen LogP contribution in [0, 0.1) is 11.6 Å². The maximum absolute atomic E-state index is 14.1. The molecule has 0 aromatic heterocycles. The van der Waals surface area contributed by atoms with Crippen molar-refractivity contribution in [2.45, 2.75) is 6.61 Å². The minimum atomic E-state index is -0.527. The number of nitrogens with one attached hydrogen (secondary N) is 1. The molecule has 3 nitrogen and oxygen atoms in total. The highest BCUT2D eigenvalue weighted by atomic mass is 35.5. The summed E-state index contributed by atoms with van der Waals surface area (Å²) in [5, 5.41) is 3.32. The molecule has 1 aliphatic rings. The van der Waals surface area contributed by atoms with Gasteiger partial charge < -0.3 is 10.1 Å². The van der Waals surface area contributed by atoms with Crippen LogP contribution in [0.5, 0.6) is 5.75 Å². The van der Waals surface area contributed by atoms with Crippen LogP contribution >= 0.6 is 11.6 Å². The lowest BCUT2D eigenvalue weighted by Gasteiger charge is -2.10. The van der Waals surface area contributed by atoms with Crippen LogP contribution in [0.1, 0.15) is 11.1 Å². The van der Waals surface area contributed by atoms with Crippen molar-refractivity contribution in [2.24, 2.45) is 4.99 Å². The molecule has 0 atom stereocenters. The predicted octanol–water partition coefficient (Wildman–Crippen LogP) is 3.55. The highest BCUT2D eigenvalue weighted by molar-refractivity contribution is 6.31. The summed E-state index contributed by atoms with van der Waals surface area (Å²) >= 11 is 5.91. The van der Waals surface area contributed by atoms with E-state index in [2.05, 4.69) is 10.3 Å². The van der Waals surface area contributed by atoms with Crippen molar-refractivity contribution in [2.75, 3.05) is 13.1 Å². The Bertz CT molecular complexity index is 714. The van der Waals surface area contributed by atoms with Crippen molar-refractivity contribution in [3.63, 3.8) is 0 Å². The molecule has 0 amide bonds. The number of nitrogens with zero attached hydrogens (tertiary/aromatic N) is 1. The zero-order chi connectivity index (χ0) is 15.5. The standard InChI is InChI=1S/C16H13ClF2N2O/c17-12-2-1-3-13(18)11(12)9-22-15-5-4-10(8-14(15)19)16-20-6-7-21-16/h1-5,8H,6-7,9H2,(H,20,21). The summed E-state index contributed by atoms with van der Waals surface area (Å²) in [6.45, 7) is 1.29. The quantitative estimate of drug-likeness (QED) is 0.934. The summed E-state index contributed by atoms with van der Waals surface area (Å²) in [7, 11) is 0. The van der Waals surface area contributed by atoms with Crippen molar-refractivity contribution in [3.8, 4) is 5.75 Å². The molecule has 0 saturated carbocycles. The third-order valence-corrected chi connectivity index (χ3v) is 3.67. The van der Waals surface area contributed by atoms with Crippen molar-refractivity contribution in [3.05, 3.63) is 64.2 Å². The molecule has 2 aromatic carbocycles. The van der Waals surface area contributed by atoms with E-state index in [0.717, 1.165) is 6.54 Å². The second-order valence-corrected chi connectivity index (χ2v) is 5.20. The van der Waals surface area contributed by atoms with E-state index in [0.29, 0.717) is 17.9 Å². The van der Waals surface area contributed by atoms with Gasteiger partial charge in [0.15, 0.2) is 11.6 Å². The number of rotatable bonds is 4. The number of benzene rings is 2. The zero-order valence-corrected chi connectivity index (χ0v) is 12.3. The van der Waals surface area contributed by atoms with Crippen molar-refractivity contribution < 1.29 is 13.5 Å². The summed E-state index contributed by atoms with van der Waals surface area (Å²) in [4.78, 5) is 4.22. The molecule has 0 bridgehead atoms. The van der Waals surface area contributed by atoms with Crippen molar-refractivity contribution in [1.29, 1.82) is 0 Å². The third kappa shape index (κ3) is 3.04. The molecular weight excluding hydrogens is 310 g/mol. The fraction of sp³-hybridized carbons (Fsp3) is 0.188. The lowest BCUT2D eigenvalue weighted by Crippen LogP contribution is -2.19. The first-order valence-electron chi connectivity index (χ1n) is 6.79. The number of ether oxygens (including phenoxy) is 1. The van der Waals surface area contributed by atoms with E-state index < -0.39 is 11.6 Å². The molecule has 6 heteroatoms. The average Bonchev–Trinajstić information content (AvgIpc) is 3.02. The van der Waals surface area contributed by atoms with Crippen LogP contribution in [0.25, 0.3) is 0 Å².